The maximum Gasteiger partial charge on any atom is 0.264 e. The summed E-state index contributed by atoms with van der Waals surface area (Å²) in [7, 11) is -10.5. The predicted octanol–water partition coefficient (Wildman–Crippen LogP) is 5.45. The van der Waals surface area contributed by atoms with E-state index in [0.29, 0.717) is 16.5 Å². The molecule has 1 aliphatic rings. The van der Waals surface area contributed by atoms with Gasteiger partial charge in [-0.15, -0.1) is 0 Å². The molecular weight excluding hydrogens is 579 g/mol. The third kappa shape index (κ3) is 7.62. The Morgan fingerprint density at radius 1 is 1.06 bits per heavy atom. The van der Waals surface area contributed by atoms with Crippen LogP contribution in [-0.2, 0) is 20.0 Å². The molecule has 0 spiro atoms. The van der Waals surface area contributed by atoms with E-state index >= 15 is 0 Å². The average molecular weight is 606 g/mol. The lowest BCUT2D eigenvalue weighted by Crippen LogP contribution is -2.40. The van der Waals surface area contributed by atoms with E-state index < -0.39 is 42.7 Å². The minimum Gasteiger partial charge on any atom is -0.299 e. The second kappa shape index (κ2) is 11.3. The van der Waals surface area contributed by atoms with Gasteiger partial charge in [0, 0.05) is 27.9 Å². The van der Waals surface area contributed by atoms with E-state index in [0.717, 1.165) is 4.31 Å². The van der Waals surface area contributed by atoms with Crippen molar-refractivity contribution in [1.82, 2.24) is 4.72 Å². The van der Waals surface area contributed by atoms with E-state index in [-0.39, 0.29) is 45.7 Å². The molecule has 0 amide bonds. The Hall–Kier alpha value is -0.760. The van der Waals surface area contributed by atoms with Gasteiger partial charge in [-0.05, 0) is 68.7 Å². The van der Waals surface area contributed by atoms with Gasteiger partial charge in [0.2, 0.25) is 10.0 Å². The summed E-state index contributed by atoms with van der Waals surface area (Å²) in [6, 6.07) is 9.00. The number of halogens is 3. The molecule has 35 heavy (non-hydrogen) atoms. The van der Waals surface area contributed by atoms with Crippen LogP contribution in [0.25, 0.3) is 0 Å². The Kier molecular flexibility index (Phi) is 9.32. The van der Waals surface area contributed by atoms with Crippen LogP contribution < -0.4 is 9.03 Å². The van der Waals surface area contributed by atoms with E-state index in [1.807, 2.05) is 0 Å². The van der Waals surface area contributed by atoms with Crippen LogP contribution in [0.2, 0.25) is 15.1 Å². The highest BCUT2D eigenvalue weighted by Crippen LogP contribution is 2.45. The number of rotatable bonds is 10. The van der Waals surface area contributed by atoms with E-state index in [1.54, 1.807) is 13.0 Å². The van der Waals surface area contributed by atoms with Crippen LogP contribution in [0.5, 0.6) is 0 Å². The first kappa shape index (κ1) is 28.8. The van der Waals surface area contributed by atoms with Crippen molar-refractivity contribution in [3.8, 4) is 0 Å². The van der Waals surface area contributed by atoms with Gasteiger partial charge in [-0.25, -0.2) is 21.6 Å². The summed E-state index contributed by atoms with van der Waals surface area (Å²) in [5.74, 6) is -0.0662. The number of hydrogen-bond donors (Lipinski definition) is 3. The smallest absolute Gasteiger partial charge is 0.264 e. The largest absolute Gasteiger partial charge is 0.299 e. The molecule has 3 N–H and O–H groups in total. The van der Waals surface area contributed by atoms with Crippen LogP contribution in [0, 0.1) is 0 Å². The Bertz CT molecular complexity index is 1260. The highest BCUT2D eigenvalue weighted by molar-refractivity contribution is 8.24. The monoisotopic (exact) mass is 604 g/mol. The molecule has 2 atom stereocenters. The fourth-order valence-corrected chi connectivity index (χ4v) is 9.34. The minimum atomic E-state index is -4.09. The number of anilines is 1. The van der Waals surface area contributed by atoms with Crippen LogP contribution in [0.1, 0.15) is 26.2 Å². The van der Waals surface area contributed by atoms with Crippen molar-refractivity contribution in [3.63, 3.8) is 0 Å². The molecule has 8 nitrogen and oxygen atoms in total. The number of nitrogens with zero attached hydrogens (tertiary/aromatic N) is 1. The fraction of sp³-hybridized carbons (Fsp3) is 0.429. The van der Waals surface area contributed by atoms with E-state index in [9.17, 15) is 25.9 Å². The molecule has 0 bridgehead atoms. The van der Waals surface area contributed by atoms with Crippen molar-refractivity contribution in [2.24, 2.45) is 0 Å². The van der Waals surface area contributed by atoms with Crippen molar-refractivity contribution >= 4 is 71.1 Å². The van der Waals surface area contributed by atoms with Gasteiger partial charge < -0.3 is 0 Å². The molecule has 0 aliphatic carbocycles. The molecule has 2 aromatic rings. The van der Waals surface area contributed by atoms with Crippen molar-refractivity contribution in [2.45, 2.75) is 43.2 Å². The first-order valence-electron chi connectivity index (χ1n) is 10.7. The third-order valence-electron chi connectivity index (χ3n) is 5.56. The van der Waals surface area contributed by atoms with Crippen molar-refractivity contribution < 1.29 is 25.9 Å². The van der Waals surface area contributed by atoms with E-state index in [1.165, 1.54) is 36.4 Å². The number of hydrogen-bond acceptors (Lipinski definition) is 6. The van der Waals surface area contributed by atoms with Gasteiger partial charge in [-0.1, -0.05) is 34.8 Å². The van der Waals surface area contributed by atoms with Crippen LogP contribution in [0.15, 0.2) is 47.4 Å². The van der Waals surface area contributed by atoms with Gasteiger partial charge in [-0.2, -0.15) is 10.6 Å². The molecule has 1 fully saturated rings. The number of sulfonamides is 2. The van der Waals surface area contributed by atoms with Crippen LogP contribution in [-0.4, -0.2) is 55.3 Å². The summed E-state index contributed by atoms with van der Waals surface area (Å²) in [5.41, 5.74) is 0.179. The van der Waals surface area contributed by atoms with Crippen molar-refractivity contribution in [1.29, 1.82) is 0 Å². The molecule has 2 unspecified atom stereocenters. The molecule has 0 saturated carbocycles. The summed E-state index contributed by atoms with van der Waals surface area (Å²) >= 11 is 18.4. The van der Waals surface area contributed by atoms with Gasteiger partial charge in [0.15, 0.2) is 0 Å². The standard InChI is InChI=1S/C21H27Cl3N2O6S3/c1-15(3-2-11-34(29,30)25-18-10-12-33(27,28)14-18)26(21-13-17(23)6-9-20(21)24)35(31,32)19-7-4-16(22)5-8-19/h4-9,13,15,18,25,27-28H,2-3,10-12,14H2,1H3. The highest BCUT2D eigenvalue weighted by Gasteiger charge is 2.33. The van der Waals surface area contributed by atoms with Gasteiger partial charge in [0.25, 0.3) is 10.0 Å². The van der Waals surface area contributed by atoms with Crippen LogP contribution >= 0.6 is 45.4 Å². The second-order valence-corrected chi connectivity index (χ2v) is 15.8. The molecule has 0 radical (unpaired) electrons. The lowest BCUT2D eigenvalue weighted by atomic mass is 10.2. The zero-order valence-electron chi connectivity index (χ0n) is 18.8. The molecule has 3 rings (SSSR count). The second-order valence-electron chi connectivity index (χ2n) is 8.44. The van der Waals surface area contributed by atoms with E-state index in [4.69, 9.17) is 34.8 Å². The first-order valence-corrected chi connectivity index (χ1v) is 16.8. The topological polar surface area (TPSA) is 124 Å². The first-order chi connectivity index (χ1) is 16.2. The number of nitrogens with one attached hydrogen (secondary N) is 1. The average Bonchev–Trinajstić information content (AvgIpc) is 3.08. The summed E-state index contributed by atoms with van der Waals surface area (Å²) in [6.07, 6.45) is 0.721. The highest BCUT2D eigenvalue weighted by atomic mass is 35.5. The van der Waals surface area contributed by atoms with Gasteiger partial charge in [-0.3, -0.25) is 13.4 Å². The Morgan fingerprint density at radius 3 is 2.29 bits per heavy atom. The quantitative estimate of drug-likeness (QED) is 0.331. The van der Waals surface area contributed by atoms with Crippen molar-refractivity contribution in [2.75, 3.05) is 21.6 Å². The maximum absolute atomic E-state index is 13.6. The normalized spacial score (nSPS) is 19.9. The summed E-state index contributed by atoms with van der Waals surface area (Å²) < 4.78 is 75.4. The Morgan fingerprint density at radius 2 is 1.69 bits per heavy atom. The molecule has 1 saturated heterocycles. The number of benzene rings is 2. The SMILES string of the molecule is CC(CCCS(=O)(=O)NC1CCS(O)(O)C1)N(c1cc(Cl)ccc1Cl)S(=O)(=O)c1ccc(Cl)cc1. The fourth-order valence-electron chi connectivity index (χ4n) is 3.89. The molecule has 2 aromatic carbocycles. The van der Waals surface area contributed by atoms with Gasteiger partial charge >= 0.3 is 0 Å². The van der Waals surface area contributed by atoms with Crippen molar-refractivity contribution in [3.05, 3.63) is 57.5 Å². The molecule has 196 valence electrons. The van der Waals surface area contributed by atoms with E-state index in [2.05, 4.69) is 4.72 Å². The molecular formula is C21H27Cl3N2O6S3. The Labute approximate surface area is 223 Å². The molecule has 0 aromatic heterocycles. The zero-order valence-corrected chi connectivity index (χ0v) is 23.5. The maximum atomic E-state index is 13.6. The molecule has 14 heteroatoms. The summed E-state index contributed by atoms with van der Waals surface area (Å²) in [4.78, 5) is -0.000644. The van der Waals surface area contributed by atoms with Gasteiger partial charge in [0.05, 0.1) is 27.1 Å². The zero-order chi connectivity index (χ0) is 26.0. The molecule has 1 aliphatic heterocycles. The third-order valence-corrected chi connectivity index (χ3v) is 11.7. The summed E-state index contributed by atoms with van der Waals surface area (Å²) in [5, 5.41) is 0.848. The lowest BCUT2D eigenvalue weighted by molar-refractivity contribution is 0.494. The summed E-state index contributed by atoms with van der Waals surface area (Å²) in [6.45, 7) is 1.66. The molecule has 1 heterocycles. The predicted molar refractivity (Wildman–Crippen MR) is 144 cm³/mol. The minimum absolute atomic E-state index is 0.000644. The van der Waals surface area contributed by atoms with Crippen LogP contribution in [0.3, 0.4) is 0 Å². The van der Waals surface area contributed by atoms with Gasteiger partial charge in [0.1, 0.15) is 0 Å². The lowest BCUT2D eigenvalue weighted by Gasteiger charge is -2.31. The van der Waals surface area contributed by atoms with Crippen LogP contribution in [0.4, 0.5) is 5.69 Å². The Balaban J connectivity index is 1.79.